The van der Waals surface area contributed by atoms with E-state index < -0.39 is 5.54 Å². The number of rotatable bonds is 3. The van der Waals surface area contributed by atoms with Crippen LogP contribution in [0.3, 0.4) is 0 Å². The lowest BCUT2D eigenvalue weighted by molar-refractivity contribution is 0.0935. The molecule has 96 valence electrons. The summed E-state index contributed by atoms with van der Waals surface area (Å²) in [5.74, 6) is -0.255. The van der Waals surface area contributed by atoms with Gasteiger partial charge in [-0.2, -0.15) is 0 Å². The highest BCUT2D eigenvalue weighted by molar-refractivity contribution is 7.27. The van der Waals surface area contributed by atoms with Gasteiger partial charge in [0.25, 0.3) is 5.91 Å². The fourth-order valence-corrected chi connectivity index (χ4v) is 3.42. The Hall–Kier alpha value is -1.60. The first kappa shape index (κ1) is 12.8. The van der Waals surface area contributed by atoms with Crippen LogP contribution >= 0.6 is 22.7 Å². The molecular formula is C11H13N3O2S2. The van der Waals surface area contributed by atoms with Crippen LogP contribution in [0.5, 0.6) is 0 Å². The SMILES string of the molecule is CC(C)(NC(=O)c1cc2sccc2s1)/C(N)=N/O. The molecule has 0 atom stereocenters. The highest BCUT2D eigenvalue weighted by Gasteiger charge is 2.27. The largest absolute Gasteiger partial charge is 0.409 e. The van der Waals surface area contributed by atoms with Gasteiger partial charge in [-0.15, -0.1) is 22.7 Å². The van der Waals surface area contributed by atoms with Gasteiger partial charge >= 0.3 is 0 Å². The molecule has 0 bridgehead atoms. The Morgan fingerprint density at radius 1 is 1.50 bits per heavy atom. The summed E-state index contributed by atoms with van der Waals surface area (Å²) in [5, 5.41) is 16.3. The van der Waals surface area contributed by atoms with E-state index in [4.69, 9.17) is 10.9 Å². The fourth-order valence-electron chi connectivity index (χ4n) is 1.41. The molecule has 0 radical (unpaired) electrons. The van der Waals surface area contributed by atoms with Crippen molar-refractivity contribution in [3.05, 3.63) is 22.4 Å². The monoisotopic (exact) mass is 283 g/mol. The number of thiophene rings is 2. The van der Waals surface area contributed by atoms with Gasteiger partial charge < -0.3 is 16.3 Å². The predicted molar refractivity (Wildman–Crippen MR) is 74.7 cm³/mol. The summed E-state index contributed by atoms with van der Waals surface area (Å²) in [7, 11) is 0. The third-order valence-corrected chi connectivity index (χ3v) is 4.63. The van der Waals surface area contributed by atoms with Crippen molar-refractivity contribution in [3.8, 4) is 0 Å². The maximum absolute atomic E-state index is 12.1. The summed E-state index contributed by atoms with van der Waals surface area (Å²) < 4.78 is 2.18. The zero-order valence-electron chi connectivity index (χ0n) is 9.93. The van der Waals surface area contributed by atoms with Gasteiger partial charge in [0.15, 0.2) is 5.84 Å². The molecule has 0 saturated heterocycles. The molecule has 2 aromatic heterocycles. The molecule has 4 N–H and O–H groups in total. The van der Waals surface area contributed by atoms with Gasteiger partial charge in [0.1, 0.15) is 0 Å². The van der Waals surface area contributed by atoms with Crippen molar-refractivity contribution in [2.24, 2.45) is 10.9 Å². The van der Waals surface area contributed by atoms with Crippen molar-refractivity contribution in [3.63, 3.8) is 0 Å². The average Bonchev–Trinajstić information content (AvgIpc) is 2.86. The number of nitrogens with zero attached hydrogens (tertiary/aromatic N) is 1. The molecule has 0 aliphatic rings. The lowest BCUT2D eigenvalue weighted by atomic mass is 10.0. The lowest BCUT2D eigenvalue weighted by Gasteiger charge is -2.23. The van der Waals surface area contributed by atoms with Crippen LogP contribution in [0, 0.1) is 0 Å². The van der Waals surface area contributed by atoms with Gasteiger partial charge in [-0.3, -0.25) is 4.79 Å². The molecule has 18 heavy (non-hydrogen) atoms. The Labute approximate surface area is 112 Å². The quantitative estimate of drug-likeness (QED) is 0.349. The van der Waals surface area contributed by atoms with Gasteiger partial charge in [-0.25, -0.2) is 0 Å². The molecule has 7 heteroatoms. The number of nitrogens with two attached hydrogens (primary N) is 1. The Balaban J connectivity index is 2.20. The minimum absolute atomic E-state index is 0.0331. The summed E-state index contributed by atoms with van der Waals surface area (Å²) in [4.78, 5) is 12.7. The molecule has 1 amide bonds. The molecular weight excluding hydrogens is 270 g/mol. The van der Waals surface area contributed by atoms with Crippen LogP contribution in [-0.2, 0) is 0 Å². The maximum Gasteiger partial charge on any atom is 0.262 e. The Kier molecular flexibility index (Phi) is 3.27. The van der Waals surface area contributed by atoms with Crippen LogP contribution in [0.1, 0.15) is 23.5 Å². The van der Waals surface area contributed by atoms with E-state index in [1.54, 1.807) is 25.2 Å². The Morgan fingerprint density at radius 2 is 2.22 bits per heavy atom. The summed E-state index contributed by atoms with van der Waals surface area (Å²) in [5.41, 5.74) is 4.64. The Morgan fingerprint density at radius 3 is 2.83 bits per heavy atom. The van der Waals surface area contributed by atoms with Gasteiger partial charge in [-0.05, 0) is 31.4 Å². The average molecular weight is 283 g/mol. The van der Waals surface area contributed by atoms with E-state index in [2.05, 4.69) is 10.5 Å². The molecule has 5 nitrogen and oxygen atoms in total. The Bertz CT molecular complexity index is 584. The first-order valence-electron chi connectivity index (χ1n) is 5.21. The van der Waals surface area contributed by atoms with Crippen molar-refractivity contribution >= 4 is 43.8 Å². The second kappa shape index (κ2) is 4.58. The number of carbonyl (C=O) groups is 1. The number of amides is 1. The van der Waals surface area contributed by atoms with Crippen molar-refractivity contribution < 1.29 is 10.0 Å². The van der Waals surface area contributed by atoms with Gasteiger partial charge in [0.05, 0.1) is 10.4 Å². The second-order valence-electron chi connectivity index (χ2n) is 4.32. The molecule has 0 fully saturated rings. The van der Waals surface area contributed by atoms with Gasteiger partial charge in [0, 0.05) is 9.40 Å². The first-order valence-corrected chi connectivity index (χ1v) is 6.91. The number of hydrogen-bond acceptors (Lipinski definition) is 5. The number of nitrogens with one attached hydrogen (secondary N) is 1. The fraction of sp³-hybridized carbons (Fsp3) is 0.273. The number of hydrogen-bond donors (Lipinski definition) is 3. The van der Waals surface area contributed by atoms with Gasteiger partial charge in [-0.1, -0.05) is 5.16 Å². The molecule has 0 unspecified atom stereocenters. The number of fused-ring (bicyclic) bond motifs is 1. The zero-order chi connectivity index (χ0) is 13.3. The predicted octanol–water partition coefficient (Wildman–Crippen LogP) is 2.22. The molecule has 0 saturated carbocycles. The topological polar surface area (TPSA) is 87.7 Å². The van der Waals surface area contributed by atoms with Crippen molar-refractivity contribution in [1.82, 2.24) is 5.32 Å². The molecule has 0 spiro atoms. The van der Waals surface area contributed by atoms with E-state index >= 15 is 0 Å². The maximum atomic E-state index is 12.1. The van der Waals surface area contributed by atoms with E-state index in [0.29, 0.717) is 4.88 Å². The summed E-state index contributed by atoms with van der Waals surface area (Å²) >= 11 is 3.02. The highest BCUT2D eigenvalue weighted by Crippen LogP contribution is 2.30. The molecule has 2 rings (SSSR count). The van der Waals surface area contributed by atoms with E-state index in [1.807, 2.05) is 17.5 Å². The van der Waals surface area contributed by atoms with E-state index in [9.17, 15) is 4.79 Å². The van der Waals surface area contributed by atoms with Gasteiger partial charge in [0.2, 0.25) is 0 Å². The summed E-state index contributed by atoms with van der Waals surface area (Å²) in [6.45, 7) is 3.35. The third kappa shape index (κ3) is 2.32. The second-order valence-corrected chi connectivity index (χ2v) is 6.36. The first-order chi connectivity index (χ1) is 8.44. The van der Waals surface area contributed by atoms with E-state index in [-0.39, 0.29) is 11.7 Å². The van der Waals surface area contributed by atoms with Crippen LogP contribution in [0.15, 0.2) is 22.7 Å². The lowest BCUT2D eigenvalue weighted by Crippen LogP contribution is -2.53. The van der Waals surface area contributed by atoms with E-state index in [0.717, 1.165) is 9.40 Å². The van der Waals surface area contributed by atoms with Crippen LogP contribution in [-0.4, -0.2) is 22.5 Å². The zero-order valence-corrected chi connectivity index (χ0v) is 11.6. The number of oxime groups is 1. The minimum atomic E-state index is -0.886. The van der Waals surface area contributed by atoms with Crippen LogP contribution in [0.2, 0.25) is 0 Å². The van der Waals surface area contributed by atoms with Crippen molar-refractivity contribution in [2.75, 3.05) is 0 Å². The summed E-state index contributed by atoms with van der Waals surface area (Å²) in [6.07, 6.45) is 0. The molecule has 2 heterocycles. The van der Waals surface area contributed by atoms with Crippen LogP contribution in [0.4, 0.5) is 0 Å². The van der Waals surface area contributed by atoms with Crippen LogP contribution in [0.25, 0.3) is 9.40 Å². The normalized spacial score (nSPS) is 12.9. The number of amidine groups is 1. The van der Waals surface area contributed by atoms with E-state index in [1.165, 1.54) is 11.3 Å². The standard InChI is InChI=1S/C11H13N3O2S2/c1-11(2,10(12)14-16)13-9(15)8-5-7-6(18-8)3-4-17-7/h3-5,16H,1-2H3,(H2,12,14)(H,13,15). The molecule has 0 aromatic carbocycles. The molecule has 2 aromatic rings. The summed E-state index contributed by atoms with van der Waals surface area (Å²) in [6, 6.07) is 3.83. The minimum Gasteiger partial charge on any atom is -0.409 e. The van der Waals surface area contributed by atoms with Crippen LogP contribution < -0.4 is 11.1 Å². The smallest absolute Gasteiger partial charge is 0.262 e. The highest BCUT2D eigenvalue weighted by atomic mass is 32.1. The molecule has 0 aliphatic carbocycles. The molecule has 0 aliphatic heterocycles. The third-order valence-electron chi connectivity index (χ3n) is 2.54. The van der Waals surface area contributed by atoms with Crippen molar-refractivity contribution in [2.45, 2.75) is 19.4 Å². The number of carbonyl (C=O) groups excluding carboxylic acids is 1. The van der Waals surface area contributed by atoms with Crippen molar-refractivity contribution in [1.29, 1.82) is 0 Å².